The first kappa shape index (κ1) is 21.6. The summed E-state index contributed by atoms with van der Waals surface area (Å²) < 4.78 is 0. The maximum absolute atomic E-state index is 11.9. The van der Waals surface area contributed by atoms with Gasteiger partial charge in [0.25, 0.3) is 0 Å². The highest BCUT2D eigenvalue weighted by molar-refractivity contribution is 5.80. The fraction of sp³-hybridized carbons (Fsp3) is 0.652. The Hall–Kier alpha value is -2.08. The van der Waals surface area contributed by atoms with E-state index in [9.17, 15) is 4.79 Å². The topological polar surface area (TPSA) is 60.0 Å². The second-order valence-corrected chi connectivity index (χ2v) is 8.50. The van der Waals surface area contributed by atoms with Crippen LogP contribution in [0.5, 0.6) is 0 Å². The van der Waals surface area contributed by atoms with Gasteiger partial charge in [0, 0.05) is 52.2 Å². The van der Waals surface area contributed by atoms with Crippen molar-refractivity contribution in [1.82, 2.24) is 20.4 Å². The smallest absolute Gasteiger partial charge is 0.222 e. The number of nitrogens with zero attached hydrogens (tertiary/aromatic N) is 3. The lowest BCUT2D eigenvalue weighted by molar-refractivity contribution is -0.129. The van der Waals surface area contributed by atoms with Crippen LogP contribution in [0, 0.1) is 5.92 Å². The van der Waals surface area contributed by atoms with Crippen molar-refractivity contribution in [2.45, 2.75) is 58.7 Å². The second kappa shape index (κ2) is 10.6. The molecule has 2 unspecified atom stereocenters. The van der Waals surface area contributed by atoms with Crippen LogP contribution >= 0.6 is 0 Å². The van der Waals surface area contributed by atoms with Gasteiger partial charge < -0.3 is 15.5 Å². The molecule has 2 aliphatic rings. The largest absolute Gasteiger partial charge is 0.352 e. The standard InChI is InChI=1S/C23H37N5O/c1-4-22(29)28-13-11-21(17-28)26-23(24-3)25-14-19-9-5-6-10-20(19)16-27-12-7-8-18(2)15-27/h5-6,9-10,18,21H,4,7-8,11-17H2,1-3H3,(H2,24,25,26). The van der Waals surface area contributed by atoms with Gasteiger partial charge in [-0.25, -0.2) is 0 Å². The summed E-state index contributed by atoms with van der Waals surface area (Å²) in [7, 11) is 1.81. The van der Waals surface area contributed by atoms with E-state index in [0.29, 0.717) is 6.42 Å². The van der Waals surface area contributed by atoms with Gasteiger partial charge in [0.05, 0.1) is 0 Å². The zero-order valence-electron chi connectivity index (χ0n) is 18.3. The van der Waals surface area contributed by atoms with Crippen LogP contribution in [0.15, 0.2) is 29.3 Å². The molecule has 0 aromatic heterocycles. The van der Waals surface area contributed by atoms with Crippen molar-refractivity contribution in [3.8, 4) is 0 Å². The zero-order valence-corrected chi connectivity index (χ0v) is 18.3. The summed E-state index contributed by atoms with van der Waals surface area (Å²) in [6.45, 7) is 10.0. The average Bonchev–Trinajstić information content (AvgIpc) is 3.20. The number of likely N-dealkylation sites (tertiary alicyclic amines) is 2. The molecule has 2 fully saturated rings. The molecule has 0 bridgehead atoms. The number of guanidine groups is 1. The normalized spacial score (nSPS) is 23.3. The Balaban J connectivity index is 1.53. The molecule has 160 valence electrons. The fourth-order valence-corrected chi connectivity index (χ4v) is 4.45. The molecule has 0 aliphatic carbocycles. The first-order valence-electron chi connectivity index (χ1n) is 11.1. The van der Waals surface area contributed by atoms with Crippen LogP contribution in [0.4, 0.5) is 0 Å². The molecule has 1 amide bonds. The third-order valence-electron chi connectivity index (χ3n) is 6.11. The van der Waals surface area contributed by atoms with E-state index in [4.69, 9.17) is 0 Å². The van der Waals surface area contributed by atoms with E-state index in [1.54, 1.807) is 7.05 Å². The molecule has 2 heterocycles. The van der Waals surface area contributed by atoms with Crippen molar-refractivity contribution < 1.29 is 4.79 Å². The molecule has 1 aromatic rings. The van der Waals surface area contributed by atoms with Crippen LogP contribution in [0.1, 0.15) is 50.7 Å². The lowest BCUT2D eigenvalue weighted by atomic mass is 9.99. The van der Waals surface area contributed by atoms with Gasteiger partial charge in [-0.1, -0.05) is 38.1 Å². The van der Waals surface area contributed by atoms with Gasteiger partial charge in [0.15, 0.2) is 5.96 Å². The first-order valence-corrected chi connectivity index (χ1v) is 11.1. The van der Waals surface area contributed by atoms with Crippen molar-refractivity contribution in [2.75, 3.05) is 33.2 Å². The molecule has 29 heavy (non-hydrogen) atoms. The minimum atomic E-state index is 0.234. The fourth-order valence-electron chi connectivity index (χ4n) is 4.45. The number of piperidine rings is 1. The summed E-state index contributed by atoms with van der Waals surface area (Å²) >= 11 is 0. The summed E-state index contributed by atoms with van der Waals surface area (Å²) in [6, 6.07) is 8.97. The van der Waals surface area contributed by atoms with E-state index >= 15 is 0 Å². The van der Waals surface area contributed by atoms with Crippen molar-refractivity contribution >= 4 is 11.9 Å². The Morgan fingerprint density at radius 2 is 1.97 bits per heavy atom. The minimum absolute atomic E-state index is 0.234. The average molecular weight is 400 g/mol. The predicted octanol–water partition coefficient (Wildman–Crippen LogP) is 2.59. The Bertz CT molecular complexity index is 704. The van der Waals surface area contributed by atoms with E-state index in [1.807, 2.05) is 11.8 Å². The Kier molecular flexibility index (Phi) is 7.92. The Morgan fingerprint density at radius 3 is 2.69 bits per heavy atom. The van der Waals surface area contributed by atoms with Crippen LogP contribution in [0.25, 0.3) is 0 Å². The molecular formula is C23H37N5O. The highest BCUT2D eigenvalue weighted by Crippen LogP contribution is 2.19. The number of amides is 1. The van der Waals surface area contributed by atoms with Gasteiger partial charge in [-0.2, -0.15) is 0 Å². The molecule has 0 radical (unpaired) electrons. The summed E-state index contributed by atoms with van der Waals surface area (Å²) in [4.78, 5) is 20.8. The molecule has 1 aromatic carbocycles. The maximum atomic E-state index is 11.9. The van der Waals surface area contributed by atoms with E-state index in [-0.39, 0.29) is 11.9 Å². The zero-order chi connectivity index (χ0) is 20.6. The van der Waals surface area contributed by atoms with Crippen molar-refractivity contribution in [3.05, 3.63) is 35.4 Å². The van der Waals surface area contributed by atoms with E-state index in [2.05, 4.69) is 51.7 Å². The molecule has 2 aliphatic heterocycles. The number of benzene rings is 1. The van der Waals surface area contributed by atoms with Crippen LogP contribution in [0.3, 0.4) is 0 Å². The number of hydrogen-bond acceptors (Lipinski definition) is 3. The van der Waals surface area contributed by atoms with E-state index in [1.165, 1.54) is 37.1 Å². The second-order valence-electron chi connectivity index (χ2n) is 8.50. The summed E-state index contributed by atoms with van der Waals surface area (Å²) in [5, 5.41) is 6.96. The summed E-state index contributed by atoms with van der Waals surface area (Å²) in [6.07, 6.45) is 4.20. The van der Waals surface area contributed by atoms with Gasteiger partial charge in [0.1, 0.15) is 0 Å². The summed E-state index contributed by atoms with van der Waals surface area (Å²) in [5.74, 6) is 1.84. The lowest BCUT2D eigenvalue weighted by Gasteiger charge is -2.31. The third-order valence-corrected chi connectivity index (χ3v) is 6.11. The third kappa shape index (κ3) is 6.20. The lowest BCUT2D eigenvalue weighted by Crippen LogP contribution is -2.44. The molecular weight excluding hydrogens is 362 g/mol. The monoisotopic (exact) mass is 399 g/mol. The molecule has 2 saturated heterocycles. The quantitative estimate of drug-likeness (QED) is 0.570. The Morgan fingerprint density at radius 1 is 1.17 bits per heavy atom. The van der Waals surface area contributed by atoms with Gasteiger partial charge in [-0.3, -0.25) is 14.7 Å². The number of rotatable bonds is 6. The maximum Gasteiger partial charge on any atom is 0.222 e. The highest BCUT2D eigenvalue weighted by atomic mass is 16.2. The first-order chi connectivity index (χ1) is 14.1. The number of nitrogens with one attached hydrogen (secondary N) is 2. The number of carbonyl (C=O) groups is 1. The molecule has 0 saturated carbocycles. The minimum Gasteiger partial charge on any atom is -0.352 e. The Labute approximate surface area is 175 Å². The van der Waals surface area contributed by atoms with Crippen molar-refractivity contribution in [2.24, 2.45) is 10.9 Å². The molecule has 6 nitrogen and oxygen atoms in total. The number of aliphatic imine (C=N–C) groups is 1. The van der Waals surface area contributed by atoms with Crippen LogP contribution in [-0.2, 0) is 17.9 Å². The van der Waals surface area contributed by atoms with Gasteiger partial charge >= 0.3 is 0 Å². The molecule has 2 atom stereocenters. The van der Waals surface area contributed by atoms with Crippen LogP contribution in [0.2, 0.25) is 0 Å². The van der Waals surface area contributed by atoms with E-state index < -0.39 is 0 Å². The van der Waals surface area contributed by atoms with Gasteiger partial charge in [-0.05, 0) is 42.9 Å². The van der Waals surface area contributed by atoms with Crippen LogP contribution < -0.4 is 10.6 Å². The van der Waals surface area contributed by atoms with E-state index in [0.717, 1.165) is 44.5 Å². The molecule has 6 heteroatoms. The van der Waals surface area contributed by atoms with Crippen molar-refractivity contribution in [1.29, 1.82) is 0 Å². The summed E-state index contributed by atoms with van der Waals surface area (Å²) in [5.41, 5.74) is 2.72. The molecule has 3 rings (SSSR count). The number of carbonyl (C=O) groups excluding carboxylic acids is 1. The number of hydrogen-bond donors (Lipinski definition) is 2. The predicted molar refractivity (Wildman–Crippen MR) is 119 cm³/mol. The molecule has 2 N–H and O–H groups in total. The van der Waals surface area contributed by atoms with Crippen LogP contribution in [-0.4, -0.2) is 60.9 Å². The SMILES string of the molecule is CCC(=O)N1CCC(NC(=NC)NCc2ccccc2CN2CCCC(C)C2)C1. The molecule has 0 spiro atoms. The van der Waals surface area contributed by atoms with Crippen molar-refractivity contribution in [3.63, 3.8) is 0 Å². The highest BCUT2D eigenvalue weighted by Gasteiger charge is 2.25. The van der Waals surface area contributed by atoms with Gasteiger partial charge in [-0.15, -0.1) is 0 Å². The van der Waals surface area contributed by atoms with Gasteiger partial charge in [0.2, 0.25) is 5.91 Å².